The van der Waals surface area contributed by atoms with Crippen molar-refractivity contribution in [2.75, 3.05) is 13.1 Å². The van der Waals surface area contributed by atoms with Gasteiger partial charge in [-0.3, -0.25) is 9.69 Å². The number of para-hydroxylation sites is 1. The molecule has 2 heterocycles. The number of ketones is 1. The lowest BCUT2D eigenvalue weighted by Gasteiger charge is -2.26. The molecule has 3 aromatic rings. The second-order valence-electron chi connectivity index (χ2n) is 7.48. The van der Waals surface area contributed by atoms with Gasteiger partial charge < -0.3 is 9.72 Å². The van der Waals surface area contributed by atoms with E-state index in [0.717, 1.165) is 37.4 Å². The van der Waals surface area contributed by atoms with Gasteiger partial charge in [-0.05, 0) is 55.6 Å². The van der Waals surface area contributed by atoms with Crippen LogP contribution in [-0.4, -0.2) is 34.4 Å². The maximum atomic E-state index is 11.4. The summed E-state index contributed by atoms with van der Waals surface area (Å²) in [6.07, 6.45) is 0.988. The number of carbonyl (C=O) groups excluding carboxylic acids is 1. The maximum absolute atomic E-state index is 11.4. The molecule has 0 spiro atoms. The fraction of sp³-hybridized carbons (Fsp3) is 0.318. The molecule has 0 saturated carbocycles. The normalized spacial score (nSPS) is 20.5. The average Bonchev–Trinajstić information content (AvgIpc) is 3.18. The lowest BCUT2D eigenvalue weighted by Crippen LogP contribution is -2.36. The van der Waals surface area contributed by atoms with Gasteiger partial charge in [-0.25, -0.2) is 0 Å². The molecular weight excluding hydrogens is 324 g/mol. The summed E-state index contributed by atoms with van der Waals surface area (Å²) in [5.74, 6) is 0.901. The lowest BCUT2D eigenvalue weighted by atomic mass is 10.1. The number of Topliss-reactive ketones (excluding diaryl/α,β-unsaturated/α-hetero) is 1. The van der Waals surface area contributed by atoms with Crippen LogP contribution in [0.4, 0.5) is 0 Å². The van der Waals surface area contributed by atoms with Gasteiger partial charge >= 0.3 is 0 Å². The molecule has 0 bridgehead atoms. The zero-order valence-electron chi connectivity index (χ0n) is 15.3. The minimum atomic E-state index is -0.205. The largest absolute Gasteiger partial charge is 0.486 e. The third-order valence-corrected chi connectivity index (χ3v) is 5.12. The van der Waals surface area contributed by atoms with E-state index < -0.39 is 0 Å². The fourth-order valence-electron chi connectivity index (χ4n) is 3.75. The molecule has 1 aliphatic rings. The topological polar surface area (TPSA) is 45.3 Å². The molecule has 134 valence electrons. The number of carbonyl (C=O) groups is 1. The SMILES string of the molecule is CC(=O)c1ccc(OC2(C)CCN(Cc3cc4ccccc4[nH]3)C2)cc1. The van der Waals surface area contributed by atoms with Crippen molar-refractivity contribution in [1.29, 1.82) is 0 Å². The molecule has 1 unspecified atom stereocenters. The van der Waals surface area contributed by atoms with Crippen molar-refractivity contribution in [3.05, 3.63) is 65.9 Å². The molecule has 4 nitrogen and oxygen atoms in total. The number of nitrogens with zero attached hydrogens (tertiary/aromatic N) is 1. The standard InChI is InChI=1S/C22H24N2O2/c1-16(25)17-7-9-20(10-8-17)26-22(2)11-12-24(15-22)14-19-13-18-5-3-4-6-21(18)23-19/h3-10,13,23H,11-12,14-15H2,1-2H3. The number of ether oxygens (including phenoxy) is 1. The predicted octanol–water partition coefficient (Wildman–Crippen LogP) is 4.41. The second-order valence-corrected chi connectivity index (χ2v) is 7.48. The van der Waals surface area contributed by atoms with Crippen LogP contribution >= 0.6 is 0 Å². The van der Waals surface area contributed by atoms with E-state index >= 15 is 0 Å². The first-order valence-electron chi connectivity index (χ1n) is 9.10. The molecule has 26 heavy (non-hydrogen) atoms. The van der Waals surface area contributed by atoms with Gasteiger partial charge in [-0.2, -0.15) is 0 Å². The number of likely N-dealkylation sites (tertiary alicyclic amines) is 1. The molecular formula is C22H24N2O2. The van der Waals surface area contributed by atoms with Gasteiger partial charge in [0.2, 0.25) is 0 Å². The molecule has 0 aliphatic carbocycles. The van der Waals surface area contributed by atoms with Crippen LogP contribution in [0, 0.1) is 0 Å². The lowest BCUT2D eigenvalue weighted by molar-refractivity contribution is 0.0948. The zero-order valence-corrected chi connectivity index (χ0v) is 15.3. The quantitative estimate of drug-likeness (QED) is 0.695. The summed E-state index contributed by atoms with van der Waals surface area (Å²) in [5, 5.41) is 1.26. The van der Waals surface area contributed by atoms with E-state index in [1.165, 1.54) is 16.6 Å². The molecule has 1 atom stereocenters. The molecule has 0 radical (unpaired) electrons. The van der Waals surface area contributed by atoms with Crippen LogP contribution in [0.3, 0.4) is 0 Å². The predicted molar refractivity (Wildman–Crippen MR) is 104 cm³/mol. The second kappa shape index (κ2) is 6.61. The summed E-state index contributed by atoms with van der Waals surface area (Å²) in [7, 11) is 0. The van der Waals surface area contributed by atoms with Crippen LogP contribution in [0.25, 0.3) is 10.9 Å². The highest BCUT2D eigenvalue weighted by Gasteiger charge is 2.35. The van der Waals surface area contributed by atoms with Crippen molar-refractivity contribution in [2.45, 2.75) is 32.4 Å². The number of benzene rings is 2. The minimum absolute atomic E-state index is 0.0770. The van der Waals surface area contributed by atoms with Crippen molar-refractivity contribution < 1.29 is 9.53 Å². The zero-order chi connectivity index (χ0) is 18.1. The van der Waals surface area contributed by atoms with Crippen LogP contribution < -0.4 is 4.74 Å². The van der Waals surface area contributed by atoms with Crippen LogP contribution in [-0.2, 0) is 6.54 Å². The smallest absolute Gasteiger partial charge is 0.159 e. The van der Waals surface area contributed by atoms with E-state index in [-0.39, 0.29) is 11.4 Å². The minimum Gasteiger partial charge on any atom is -0.486 e. The number of hydrogen-bond acceptors (Lipinski definition) is 3. The Morgan fingerprint density at radius 2 is 1.96 bits per heavy atom. The monoisotopic (exact) mass is 348 g/mol. The van der Waals surface area contributed by atoms with Gasteiger partial charge in [0.1, 0.15) is 11.4 Å². The van der Waals surface area contributed by atoms with Crippen molar-refractivity contribution in [1.82, 2.24) is 9.88 Å². The number of fused-ring (bicyclic) bond motifs is 1. The Balaban J connectivity index is 1.40. The Hall–Kier alpha value is -2.59. The number of aromatic nitrogens is 1. The number of hydrogen-bond donors (Lipinski definition) is 1. The van der Waals surface area contributed by atoms with E-state index in [4.69, 9.17) is 4.74 Å². The van der Waals surface area contributed by atoms with Crippen molar-refractivity contribution in [2.24, 2.45) is 0 Å². The van der Waals surface area contributed by atoms with Gasteiger partial charge in [0.25, 0.3) is 0 Å². The Labute approximate surface area is 153 Å². The van der Waals surface area contributed by atoms with E-state index in [9.17, 15) is 4.79 Å². The summed E-state index contributed by atoms with van der Waals surface area (Å²) in [4.78, 5) is 17.3. The number of nitrogens with one attached hydrogen (secondary N) is 1. The highest BCUT2D eigenvalue weighted by molar-refractivity contribution is 5.94. The van der Waals surface area contributed by atoms with Gasteiger partial charge in [0.15, 0.2) is 5.78 Å². The molecule has 4 heteroatoms. The Morgan fingerprint density at radius 1 is 1.19 bits per heavy atom. The Kier molecular flexibility index (Phi) is 4.29. The molecule has 1 aliphatic heterocycles. The van der Waals surface area contributed by atoms with Crippen LogP contribution in [0.15, 0.2) is 54.6 Å². The first-order chi connectivity index (χ1) is 12.5. The molecule has 1 aromatic heterocycles. The molecule has 2 aromatic carbocycles. The fourth-order valence-corrected chi connectivity index (χ4v) is 3.75. The van der Waals surface area contributed by atoms with Gasteiger partial charge in [0, 0.05) is 42.8 Å². The number of H-pyrrole nitrogens is 1. The molecule has 1 fully saturated rings. The highest BCUT2D eigenvalue weighted by Crippen LogP contribution is 2.29. The third kappa shape index (κ3) is 3.51. The summed E-state index contributed by atoms with van der Waals surface area (Å²) in [5.41, 5.74) is 2.94. The van der Waals surface area contributed by atoms with E-state index in [1.54, 1.807) is 6.92 Å². The first-order valence-corrected chi connectivity index (χ1v) is 9.10. The highest BCUT2D eigenvalue weighted by atomic mass is 16.5. The van der Waals surface area contributed by atoms with E-state index in [0.29, 0.717) is 0 Å². The maximum Gasteiger partial charge on any atom is 0.159 e. The van der Waals surface area contributed by atoms with E-state index in [2.05, 4.69) is 47.1 Å². The Bertz CT molecular complexity index is 896. The van der Waals surface area contributed by atoms with Crippen molar-refractivity contribution in [3.8, 4) is 5.75 Å². The van der Waals surface area contributed by atoms with Crippen LogP contribution in [0.1, 0.15) is 36.3 Å². The van der Waals surface area contributed by atoms with Gasteiger partial charge in [-0.15, -0.1) is 0 Å². The van der Waals surface area contributed by atoms with Gasteiger partial charge in [0.05, 0.1) is 0 Å². The molecule has 1 saturated heterocycles. The summed E-state index contributed by atoms with van der Waals surface area (Å²) >= 11 is 0. The molecule has 0 amide bonds. The summed E-state index contributed by atoms with van der Waals surface area (Å²) in [6, 6.07) is 18.0. The van der Waals surface area contributed by atoms with Crippen molar-refractivity contribution >= 4 is 16.7 Å². The van der Waals surface area contributed by atoms with Crippen LogP contribution in [0.5, 0.6) is 5.75 Å². The number of rotatable bonds is 5. The van der Waals surface area contributed by atoms with E-state index in [1.807, 2.05) is 24.3 Å². The average molecular weight is 348 g/mol. The molecule has 1 N–H and O–H groups in total. The first kappa shape index (κ1) is 16.9. The Morgan fingerprint density at radius 3 is 2.69 bits per heavy atom. The summed E-state index contributed by atoms with van der Waals surface area (Å²) < 4.78 is 6.26. The molecule has 4 rings (SSSR count). The summed E-state index contributed by atoms with van der Waals surface area (Å²) in [6.45, 7) is 6.54. The van der Waals surface area contributed by atoms with Crippen molar-refractivity contribution in [3.63, 3.8) is 0 Å². The van der Waals surface area contributed by atoms with Gasteiger partial charge in [-0.1, -0.05) is 18.2 Å². The van der Waals surface area contributed by atoms with Crippen LogP contribution in [0.2, 0.25) is 0 Å². The third-order valence-electron chi connectivity index (χ3n) is 5.12. The number of aromatic amines is 1.